The van der Waals surface area contributed by atoms with Crippen LogP contribution in [0.5, 0.6) is 0 Å². The van der Waals surface area contributed by atoms with Crippen LogP contribution in [0.25, 0.3) is 0 Å². The number of hydrogen-bond donors (Lipinski definition) is 1. The van der Waals surface area contributed by atoms with E-state index in [1.165, 1.54) is 0 Å². The van der Waals surface area contributed by atoms with E-state index in [9.17, 15) is 4.79 Å². The highest BCUT2D eigenvalue weighted by Gasteiger charge is 1.92. The van der Waals surface area contributed by atoms with Gasteiger partial charge in [-0.3, -0.25) is 4.79 Å². The highest BCUT2D eigenvalue weighted by molar-refractivity contribution is 5.66. The van der Waals surface area contributed by atoms with Gasteiger partial charge in [0.25, 0.3) is 0 Å². The van der Waals surface area contributed by atoms with Crippen LogP contribution in [0.1, 0.15) is 58.3 Å². The number of hydrogen-bond acceptors (Lipinski definition) is 1. The summed E-state index contributed by atoms with van der Waals surface area (Å²) in [4.78, 5) is 10.3. The van der Waals surface area contributed by atoms with Gasteiger partial charge in [-0.1, -0.05) is 72.9 Å². The maximum absolute atomic E-state index is 10.3. The molecule has 0 heterocycles. The number of aliphatic carboxylic acids is 1. The zero-order chi connectivity index (χ0) is 17.7. The van der Waals surface area contributed by atoms with E-state index in [4.69, 9.17) is 5.11 Å². The first-order valence-electron chi connectivity index (χ1n) is 8.85. The zero-order valence-corrected chi connectivity index (χ0v) is 14.9. The number of carboxylic acid groups (broad SMARTS) is 1. The van der Waals surface area contributed by atoms with Gasteiger partial charge in [0, 0.05) is 6.42 Å². The van der Waals surface area contributed by atoms with Crippen LogP contribution in [-0.4, -0.2) is 11.1 Å². The lowest BCUT2D eigenvalue weighted by Crippen LogP contribution is -1.92. The Morgan fingerprint density at radius 2 is 1.04 bits per heavy atom. The molecule has 0 fully saturated rings. The summed E-state index contributed by atoms with van der Waals surface area (Å²) in [6, 6.07) is 0. The topological polar surface area (TPSA) is 37.3 Å². The molecule has 0 aromatic heterocycles. The van der Waals surface area contributed by atoms with Crippen molar-refractivity contribution in [2.45, 2.75) is 58.3 Å². The van der Waals surface area contributed by atoms with Crippen molar-refractivity contribution >= 4 is 5.97 Å². The van der Waals surface area contributed by atoms with Gasteiger partial charge in [0.2, 0.25) is 0 Å². The number of carbonyl (C=O) groups is 1. The van der Waals surface area contributed by atoms with Gasteiger partial charge >= 0.3 is 5.97 Å². The van der Waals surface area contributed by atoms with Crippen LogP contribution in [0, 0.1) is 0 Å². The second-order valence-electron chi connectivity index (χ2n) is 5.39. The van der Waals surface area contributed by atoms with Crippen LogP contribution in [0.15, 0.2) is 72.9 Å². The fraction of sp³-hybridized carbons (Fsp3) is 0.409. The summed E-state index contributed by atoms with van der Waals surface area (Å²) in [5, 5.41) is 8.51. The van der Waals surface area contributed by atoms with E-state index in [2.05, 4.69) is 72.9 Å². The Balaban J connectivity index is 3.49. The maximum atomic E-state index is 10.3. The van der Waals surface area contributed by atoms with Crippen molar-refractivity contribution in [3.8, 4) is 0 Å². The molecule has 1 N–H and O–H groups in total. The molecule has 0 unspecified atom stereocenters. The van der Waals surface area contributed by atoms with Gasteiger partial charge in [0.05, 0.1) is 0 Å². The summed E-state index contributed by atoms with van der Waals surface area (Å²) in [5.74, 6) is -0.717. The standard InChI is InChI=1S/C22H32O2/c1-2-3-4-5-6-7-8-9-10-11-12-13-14-15-16-17-18-19-20-21-22(23)24/h2-3,5-6,8-9,11-12,14-15,17-18H,4,7,10,13,16,19-21H2,1H3,(H,23,24)/b3-2?,6-5?,9-8?,12-11?,15-14?,18-17-. The monoisotopic (exact) mass is 328 g/mol. The predicted molar refractivity (Wildman–Crippen MR) is 105 cm³/mol. The second-order valence-corrected chi connectivity index (χ2v) is 5.39. The molecule has 0 amide bonds. The highest BCUT2D eigenvalue weighted by Crippen LogP contribution is 1.99. The van der Waals surface area contributed by atoms with Crippen molar-refractivity contribution in [2.75, 3.05) is 0 Å². The molecule has 0 radical (unpaired) electrons. The molecule has 0 rings (SSSR count). The molecule has 0 aliphatic rings. The van der Waals surface area contributed by atoms with Crippen molar-refractivity contribution < 1.29 is 9.90 Å². The summed E-state index contributed by atoms with van der Waals surface area (Å²) in [6.45, 7) is 2.04. The molecule has 132 valence electrons. The average Bonchev–Trinajstić information content (AvgIpc) is 2.56. The molecule has 0 aromatic carbocycles. The van der Waals surface area contributed by atoms with Gasteiger partial charge in [0.1, 0.15) is 0 Å². The molecule has 0 atom stereocenters. The average molecular weight is 328 g/mol. The van der Waals surface area contributed by atoms with Crippen molar-refractivity contribution in [3.63, 3.8) is 0 Å². The van der Waals surface area contributed by atoms with Crippen molar-refractivity contribution in [1.29, 1.82) is 0 Å². The lowest BCUT2D eigenvalue weighted by atomic mass is 10.2. The first kappa shape index (κ1) is 21.9. The molecule has 0 saturated heterocycles. The fourth-order valence-electron chi connectivity index (χ4n) is 1.88. The van der Waals surface area contributed by atoms with Crippen molar-refractivity contribution in [1.82, 2.24) is 0 Å². The fourth-order valence-corrected chi connectivity index (χ4v) is 1.88. The molecule has 0 saturated carbocycles. The number of allylic oxidation sites excluding steroid dienone is 12. The number of unbranched alkanes of at least 4 members (excludes halogenated alkanes) is 1. The first-order valence-corrected chi connectivity index (χ1v) is 8.85. The molecule has 24 heavy (non-hydrogen) atoms. The minimum atomic E-state index is -0.717. The van der Waals surface area contributed by atoms with Crippen LogP contribution in [0.2, 0.25) is 0 Å². The molecule has 0 aromatic rings. The van der Waals surface area contributed by atoms with Crippen molar-refractivity contribution in [2.24, 2.45) is 0 Å². The third-order valence-electron chi connectivity index (χ3n) is 3.19. The second kappa shape index (κ2) is 19.0. The Bertz CT molecular complexity index is 462. The Hall–Kier alpha value is -2.09. The smallest absolute Gasteiger partial charge is 0.303 e. The Morgan fingerprint density at radius 3 is 1.42 bits per heavy atom. The van der Waals surface area contributed by atoms with Gasteiger partial charge < -0.3 is 5.11 Å². The molecule has 0 spiro atoms. The summed E-state index contributed by atoms with van der Waals surface area (Å²) >= 11 is 0. The molecular weight excluding hydrogens is 296 g/mol. The number of rotatable bonds is 14. The van der Waals surface area contributed by atoms with Gasteiger partial charge in [0.15, 0.2) is 0 Å². The first-order chi connectivity index (χ1) is 11.8. The van der Waals surface area contributed by atoms with Gasteiger partial charge in [-0.05, 0) is 51.9 Å². The van der Waals surface area contributed by atoms with Crippen LogP contribution in [0.3, 0.4) is 0 Å². The van der Waals surface area contributed by atoms with E-state index >= 15 is 0 Å². The quantitative estimate of drug-likeness (QED) is 0.290. The zero-order valence-electron chi connectivity index (χ0n) is 14.9. The van der Waals surface area contributed by atoms with E-state index in [1.54, 1.807) is 0 Å². The Labute approximate surface area is 147 Å². The van der Waals surface area contributed by atoms with Crippen molar-refractivity contribution in [3.05, 3.63) is 72.9 Å². The number of carboxylic acids is 1. The third kappa shape index (κ3) is 19.9. The summed E-state index contributed by atoms with van der Waals surface area (Å²) in [7, 11) is 0. The lowest BCUT2D eigenvalue weighted by Gasteiger charge is -1.89. The van der Waals surface area contributed by atoms with Crippen LogP contribution in [-0.2, 0) is 4.79 Å². The minimum Gasteiger partial charge on any atom is -0.481 e. The SMILES string of the molecule is CC=CCC=CCC=CCC=CCC=CC/C=C\CCCC(=O)O. The van der Waals surface area contributed by atoms with Gasteiger partial charge in [-0.2, -0.15) is 0 Å². The molecule has 2 nitrogen and oxygen atoms in total. The summed E-state index contributed by atoms with van der Waals surface area (Å²) in [6.07, 6.45) is 32.5. The van der Waals surface area contributed by atoms with Gasteiger partial charge in [-0.25, -0.2) is 0 Å². The maximum Gasteiger partial charge on any atom is 0.303 e. The van der Waals surface area contributed by atoms with E-state index in [1.807, 2.05) is 6.92 Å². The summed E-state index contributed by atoms with van der Waals surface area (Å²) < 4.78 is 0. The van der Waals surface area contributed by atoms with E-state index in [0.29, 0.717) is 0 Å². The van der Waals surface area contributed by atoms with E-state index in [-0.39, 0.29) is 6.42 Å². The van der Waals surface area contributed by atoms with Crippen LogP contribution >= 0.6 is 0 Å². The van der Waals surface area contributed by atoms with Gasteiger partial charge in [-0.15, -0.1) is 0 Å². The van der Waals surface area contributed by atoms with Crippen LogP contribution in [0.4, 0.5) is 0 Å². The Kier molecular flexibility index (Phi) is 17.3. The minimum absolute atomic E-state index is 0.256. The molecule has 0 aliphatic heterocycles. The Morgan fingerprint density at radius 1 is 0.667 bits per heavy atom. The molecule has 0 bridgehead atoms. The lowest BCUT2D eigenvalue weighted by molar-refractivity contribution is -0.137. The summed E-state index contributed by atoms with van der Waals surface area (Å²) in [5.41, 5.74) is 0. The normalized spacial score (nSPS) is 13.0. The third-order valence-corrected chi connectivity index (χ3v) is 3.19. The highest BCUT2D eigenvalue weighted by atomic mass is 16.4. The van der Waals surface area contributed by atoms with Crippen LogP contribution < -0.4 is 0 Å². The molecular formula is C22H32O2. The van der Waals surface area contributed by atoms with E-state index < -0.39 is 5.97 Å². The predicted octanol–water partition coefficient (Wildman–Crippen LogP) is 6.55. The van der Waals surface area contributed by atoms with E-state index in [0.717, 1.165) is 44.9 Å². The molecule has 2 heteroatoms. The molecule has 0 aliphatic carbocycles. The largest absolute Gasteiger partial charge is 0.481 e.